The van der Waals surface area contributed by atoms with Gasteiger partial charge in [0.2, 0.25) is 0 Å². The quantitative estimate of drug-likeness (QED) is 0.874. The Labute approximate surface area is 119 Å². The molecule has 1 unspecified atom stereocenters. The first-order valence-electron chi connectivity index (χ1n) is 7.42. The largest absolute Gasteiger partial charge is 0.506 e. The fourth-order valence-corrected chi connectivity index (χ4v) is 2.81. The standard InChI is InChI=1S/C15H21N3O2/c19-14-7-11(8-16-9-14)15(20)18(13-4-5-13)10-12-3-1-2-6-17-12/h7-9,12-13,17,19H,1-6,10H2. The summed E-state index contributed by atoms with van der Waals surface area (Å²) in [7, 11) is 0. The molecule has 1 aromatic heterocycles. The van der Waals surface area contributed by atoms with E-state index in [1.165, 1.54) is 31.3 Å². The highest BCUT2D eigenvalue weighted by Crippen LogP contribution is 2.29. The number of aromatic hydroxyl groups is 1. The monoisotopic (exact) mass is 275 g/mol. The molecule has 0 aromatic carbocycles. The first-order valence-corrected chi connectivity index (χ1v) is 7.42. The molecular formula is C15H21N3O2. The lowest BCUT2D eigenvalue weighted by atomic mass is 10.0. The molecule has 2 aliphatic rings. The molecule has 2 heterocycles. The number of piperidine rings is 1. The van der Waals surface area contributed by atoms with Gasteiger partial charge in [0.25, 0.3) is 5.91 Å². The summed E-state index contributed by atoms with van der Waals surface area (Å²) in [5.41, 5.74) is 0.479. The van der Waals surface area contributed by atoms with E-state index < -0.39 is 0 Å². The lowest BCUT2D eigenvalue weighted by molar-refractivity contribution is 0.0717. The fourth-order valence-electron chi connectivity index (χ4n) is 2.81. The average Bonchev–Trinajstić information content (AvgIpc) is 3.30. The minimum absolute atomic E-state index is 0.0109. The predicted molar refractivity (Wildman–Crippen MR) is 75.6 cm³/mol. The van der Waals surface area contributed by atoms with Crippen molar-refractivity contribution in [2.45, 2.75) is 44.2 Å². The number of hydrogen-bond donors (Lipinski definition) is 2. The number of carbonyl (C=O) groups is 1. The van der Waals surface area contributed by atoms with Gasteiger partial charge in [-0.25, -0.2) is 0 Å². The van der Waals surface area contributed by atoms with Crippen LogP contribution in [0.1, 0.15) is 42.5 Å². The van der Waals surface area contributed by atoms with Crippen LogP contribution in [0.3, 0.4) is 0 Å². The van der Waals surface area contributed by atoms with Crippen LogP contribution in [0.2, 0.25) is 0 Å². The van der Waals surface area contributed by atoms with Gasteiger partial charge in [-0.2, -0.15) is 0 Å². The lowest BCUT2D eigenvalue weighted by Crippen LogP contribution is -2.46. The van der Waals surface area contributed by atoms with Crippen molar-refractivity contribution in [3.8, 4) is 5.75 Å². The van der Waals surface area contributed by atoms with Crippen LogP contribution >= 0.6 is 0 Å². The van der Waals surface area contributed by atoms with Gasteiger partial charge in [0.05, 0.1) is 11.8 Å². The van der Waals surface area contributed by atoms with Crippen LogP contribution in [0, 0.1) is 0 Å². The van der Waals surface area contributed by atoms with Gasteiger partial charge in [-0.1, -0.05) is 6.42 Å². The number of aromatic nitrogens is 1. The van der Waals surface area contributed by atoms with Crippen LogP contribution in [0.4, 0.5) is 0 Å². The van der Waals surface area contributed by atoms with Gasteiger partial charge in [0, 0.05) is 24.8 Å². The van der Waals surface area contributed by atoms with Crippen LogP contribution in [-0.2, 0) is 0 Å². The van der Waals surface area contributed by atoms with Gasteiger partial charge in [0.15, 0.2) is 0 Å². The summed E-state index contributed by atoms with van der Waals surface area (Å²) < 4.78 is 0. The minimum Gasteiger partial charge on any atom is -0.506 e. The minimum atomic E-state index is -0.0109. The molecule has 1 aromatic rings. The molecule has 2 N–H and O–H groups in total. The number of rotatable bonds is 4. The second-order valence-corrected chi connectivity index (χ2v) is 5.77. The molecule has 0 radical (unpaired) electrons. The maximum absolute atomic E-state index is 12.6. The summed E-state index contributed by atoms with van der Waals surface area (Å²) >= 11 is 0. The van der Waals surface area contributed by atoms with E-state index in [1.807, 2.05) is 4.90 Å². The summed E-state index contributed by atoms with van der Waals surface area (Å²) in [5, 5.41) is 13.0. The Kier molecular flexibility index (Phi) is 3.87. The molecule has 1 aliphatic carbocycles. The van der Waals surface area contributed by atoms with E-state index in [-0.39, 0.29) is 11.7 Å². The third-order valence-corrected chi connectivity index (χ3v) is 4.05. The number of nitrogens with zero attached hydrogens (tertiary/aromatic N) is 2. The summed E-state index contributed by atoms with van der Waals surface area (Å²) in [4.78, 5) is 18.5. The maximum atomic E-state index is 12.6. The van der Waals surface area contributed by atoms with Gasteiger partial charge in [-0.05, 0) is 38.3 Å². The molecule has 3 rings (SSSR count). The molecule has 0 bridgehead atoms. The molecule has 108 valence electrons. The molecule has 1 aliphatic heterocycles. The van der Waals surface area contributed by atoms with Gasteiger partial charge < -0.3 is 15.3 Å². The van der Waals surface area contributed by atoms with E-state index in [1.54, 1.807) is 0 Å². The van der Waals surface area contributed by atoms with Crippen LogP contribution in [0.15, 0.2) is 18.5 Å². The first-order chi connectivity index (χ1) is 9.74. The van der Waals surface area contributed by atoms with Gasteiger partial charge in [-0.15, -0.1) is 0 Å². The smallest absolute Gasteiger partial charge is 0.255 e. The Morgan fingerprint density at radius 3 is 2.85 bits per heavy atom. The molecule has 5 heteroatoms. The average molecular weight is 275 g/mol. The molecule has 20 heavy (non-hydrogen) atoms. The zero-order valence-electron chi connectivity index (χ0n) is 11.6. The Morgan fingerprint density at radius 1 is 1.35 bits per heavy atom. The molecule has 2 fully saturated rings. The van der Waals surface area contributed by atoms with Crippen molar-refractivity contribution in [2.24, 2.45) is 0 Å². The molecule has 1 saturated heterocycles. The van der Waals surface area contributed by atoms with Crippen LogP contribution in [0.25, 0.3) is 0 Å². The number of amides is 1. The van der Waals surface area contributed by atoms with Crippen molar-refractivity contribution < 1.29 is 9.90 Å². The normalized spacial score (nSPS) is 22.5. The third-order valence-electron chi connectivity index (χ3n) is 4.05. The molecule has 1 saturated carbocycles. The van der Waals surface area contributed by atoms with Gasteiger partial charge in [0.1, 0.15) is 5.75 Å². The summed E-state index contributed by atoms with van der Waals surface area (Å²) in [6, 6.07) is 2.27. The van der Waals surface area contributed by atoms with Crippen LogP contribution in [0.5, 0.6) is 5.75 Å². The SMILES string of the molecule is O=C(c1cncc(O)c1)N(CC1CCCCN1)C1CC1. The van der Waals surface area contributed by atoms with Crippen molar-refractivity contribution in [1.82, 2.24) is 15.2 Å². The first kappa shape index (κ1) is 13.4. The van der Waals surface area contributed by atoms with Crippen LogP contribution < -0.4 is 5.32 Å². The van der Waals surface area contributed by atoms with E-state index in [9.17, 15) is 9.90 Å². The highest BCUT2D eigenvalue weighted by atomic mass is 16.3. The topological polar surface area (TPSA) is 65.5 Å². The summed E-state index contributed by atoms with van der Waals surface area (Å²) in [5.74, 6) is 0.0330. The third kappa shape index (κ3) is 3.10. The van der Waals surface area contributed by atoms with Crippen molar-refractivity contribution in [1.29, 1.82) is 0 Å². The zero-order valence-corrected chi connectivity index (χ0v) is 11.6. The number of pyridine rings is 1. The van der Waals surface area contributed by atoms with Crippen molar-refractivity contribution in [2.75, 3.05) is 13.1 Å². The van der Waals surface area contributed by atoms with E-state index in [4.69, 9.17) is 0 Å². The second-order valence-electron chi connectivity index (χ2n) is 5.77. The summed E-state index contributed by atoms with van der Waals surface area (Å²) in [6.45, 7) is 1.81. The summed E-state index contributed by atoms with van der Waals surface area (Å²) in [6.07, 6.45) is 8.65. The molecule has 0 spiro atoms. The molecule has 5 nitrogen and oxygen atoms in total. The Morgan fingerprint density at radius 2 is 2.20 bits per heavy atom. The van der Waals surface area contributed by atoms with E-state index in [0.29, 0.717) is 17.6 Å². The Bertz CT molecular complexity index is 482. The van der Waals surface area contributed by atoms with Gasteiger partial charge >= 0.3 is 0 Å². The highest BCUT2D eigenvalue weighted by Gasteiger charge is 2.34. The number of nitrogens with one attached hydrogen (secondary N) is 1. The van der Waals surface area contributed by atoms with E-state index in [0.717, 1.165) is 32.4 Å². The predicted octanol–water partition coefficient (Wildman–Crippen LogP) is 1.53. The lowest BCUT2D eigenvalue weighted by Gasteiger charge is -2.30. The second kappa shape index (κ2) is 5.79. The Balaban J connectivity index is 1.71. The zero-order chi connectivity index (χ0) is 13.9. The van der Waals surface area contributed by atoms with Gasteiger partial charge in [-0.3, -0.25) is 9.78 Å². The fraction of sp³-hybridized carbons (Fsp3) is 0.600. The van der Waals surface area contributed by atoms with Crippen molar-refractivity contribution in [3.05, 3.63) is 24.0 Å². The maximum Gasteiger partial charge on any atom is 0.255 e. The van der Waals surface area contributed by atoms with E-state index >= 15 is 0 Å². The van der Waals surface area contributed by atoms with Crippen LogP contribution in [-0.4, -0.2) is 46.1 Å². The van der Waals surface area contributed by atoms with Crippen molar-refractivity contribution in [3.63, 3.8) is 0 Å². The molecular weight excluding hydrogens is 254 g/mol. The number of carbonyl (C=O) groups excluding carboxylic acids is 1. The highest BCUT2D eigenvalue weighted by molar-refractivity contribution is 5.94. The van der Waals surface area contributed by atoms with E-state index in [2.05, 4.69) is 10.3 Å². The molecule has 1 atom stereocenters. The Hall–Kier alpha value is -1.62. The number of hydrogen-bond acceptors (Lipinski definition) is 4. The molecule has 1 amide bonds. The van der Waals surface area contributed by atoms with Crippen molar-refractivity contribution >= 4 is 5.91 Å².